The normalized spacial score (nSPS) is 9.44. The molecule has 3 aromatic carbocycles. The molecule has 0 atom stereocenters. The quantitative estimate of drug-likeness (QED) is 0.717. The number of benzene rings is 3. The zero-order valence-electron chi connectivity index (χ0n) is 13.5. The summed E-state index contributed by atoms with van der Waals surface area (Å²) in [6, 6.07) is 26.9. The predicted octanol–water partition coefficient (Wildman–Crippen LogP) is 4.43. The van der Waals surface area contributed by atoms with E-state index in [0.29, 0.717) is 17.7 Å². The summed E-state index contributed by atoms with van der Waals surface area (Å²) < 4.78 is 5.18. The lowest BCUT2D eigenvalue weighted by atomic mass is 10.2. The number of hydrogen-bond acceptors (Lipinski definition) is 3. The maximum absolute atomic E-state index is 11.6. The van der Waals surface area contributed by atoms with Crippen LogP contribution in [0.1, 0.15) is 26.3 Å². The van der Waals surface area contributed by atoms with Gasteiger partial charge in [0, 0.05) is 0 Å². The summed E-state index contributed by atoms with van der Waals surface area (Å²) in [6.07, 6.45) is 0. The minimum Gasteiger partial charge on any atom is -0.478 e. The van der Waals surface area contributed by atoms with E-state index in [0.717, 1.165) is 5.56 Å². The van der Waals surface area contributed by atoms with Gasteiger partial charge in [0.05, 0.1) is 11.1 Å². The molecular weight excluding hydrogens is 316 g/mol. The van der Waals surface area contributed by atoms with Crippen molar-refractivity contribution in [3.8, 4) is 0 Å². The topological polar surface area (TPSA) is 63.6 Å². The molecule has 0 aromatic heterocycles. The van der Waals surface area contributed by atoms with Crippen molar-refractivity contribution in [1.29, 1.82) is 0 Å². The Kier molecular flexibility index (Phi) is 6.95. The summed E-state index contributed by atoms with van der Waals surface area (Å²) in [6.45, 7) is 0.314. The molecule has 0 saturated carbocycles. The molecule has 1 N–H and O–H groups in total. The highest BCUT2D eigenvalue weighted by atomic mass is 16.5. The molecule has 0 aliphatic carbocycles. The minimum atomic E-state index is -0.879. The van der Waals surface area contributed by atoms with Gasteiger partial charge in [-0.2, -0.15) is 0 Å². The molecule has 0 aliphatic heterocycles. The predicted molar refractivity (Wildman–Crippen MR) is 95.4 cm³/mol. The summed E-state index contributed by atoms with van der Waals surface area (Å²) in [5, 5.41) is 8.38. The fourth-order valence-electron chi connectivity index (χ4n) is 1.96. The number of carboxylic acid groups (broad SMARTS) is 1. The Morgan fingerprint density at radius 2 is 1.12 bits per heavy atom. The molecule has 0 spiro atoms. The molecule has 0 radical (unpaired) electrons. The Morgan fingerprint density at radius 1 is 0.680 bits per heavy atom. The Hall–Kier alpha value is -3.40. The number of rotatable bonds is 4. The second-order valence-corrected chi connectivity index (χ2v) is 5.10. The molecular formula is C21H18O4. The maximum atomic E-state index is 11.6. The maximum Gasteiger partial charge on any atom is 0.338 e. The first-order valence-electron chi connectivity index (χ1n) is 7.71. The molecule has 0 heterocycles. The summed E-state index contributed by atoms with van der Waals surface area (Å²) in [5.41, 5.74) is 1.91. The Bertz CT molecular complexity index is 784. The zero-order valence-corrected chi connectivity index (χ0v) is 13.5. The molecule has 0 aliphatic rings. The Balaban J connectivity index is 0.000000212. The van der Waals surface area contributed by atoms with Gasteiger partial charge in [0.1, 0.15) is 6.61 Å². The first-order chi connectivity index (χ1) is 12.2. The second-order valence-electron chi connectivity index (χ2n) is 5.10. The van der Waals surface area contributed by atoms with Gasteiger partial charge in [-0.15, -0.1) is 0 Å². The van der Waals surface area contributed by atoms with Crippen molar-refractivity contribution in [3.63, 3.8) is 0 Å². The van der Waals surface area contributed by atoms with E-state index in [4.69, 9.17) is 9.84 Å². The third-order valence-corrected chi connectivity index (χ3v) is 3.24. The highest BCUT2D eigenvalue weighted by Gasteiger charge is 2.05. The summed E-state index contributed by atoms with van der Waals surface area (Å²) in [7, 11) is 0. The fourth-order valence-corrected chi connectivity index (χ4v) is 1.96. The van der Waals surface area contributed by atoms with E-state index in [-0.39, 0.29) is 5.97 Å². The number of aromatic carboxylic acids is 1. The second kappa shape index (κ2) is 9.67. The number of esters is 1. The van der Waals surface area contributed by atoms with E-state index in [2.05, 4.69) is 0 Å². The number of carboxylic acids is 1. The number of carbonyl (C=O) groups excluding carboxylic acids is 1. The number of ether oxygens (including phenoxy) is 1. The average Bonchev–Trinajstić information content (AvgIpc) is 2.69. The summed E-state index contributed by atoms with van der Waals surface area (Å²) in [5.74, 6) is -1.17. The van der Waals surface area contributed by atoms with Crippen molar-refractivity contribution in [2.24, 2.45) is 0 Å². The highest BCUT2D eigenvalue weighted by Crippen LogP contribution is 2.05. The molecule has 0 saturated heterocycles. The first kappa shape index (κ1) is 17.9. The first-order valence-corrected chi connectivity index (χ1v) is 7.71. The van der Waals surface area contributed by atoms with Gasteiger partial charge in [0.2, 0.25) is 0 Å². The van der Waals surface area contributed by atoms with Gasteiger partial charge in [-0.3, -0.25) is 0 Å². The zero-order chi connectivity index (χ0) is 17.9. The van der Waals surface area contributed by atoms with Crippen LogP contribution in [0.15, 0.2) is 91.0 Å². The lowest BCUT2D eigenvalue weighted by molar-refractivity contribution is 0.0472. The average molecular weight is 334 g/mol. The van der Waals surface area contributed by atoms with Crippen LogP contribution in [0, 0.1) is 0 Å². The Labute approximate surface area is 146 Å². The fraction of sp³-hybridized carbons (Fsp3) is 0.0476. The van der Waals surface area contributed by atoms with E-state index in [1.807, 2.05) is 48.5 Å². The molecule has 126 valence electrons. The number of carbonyl (C=O) groups is 2. The smallest absolute Gasteiger partial charge is 0.338 e. The molecule has 0 amide bonds. The van der Waals surface area contributed by atoms with Crippen LogP contribution in [-0.4, -0.2) is 17.0 Å². The molecule has 4 nitrogen and oxygen atoms in total. The van der Waals surface area contributed by atoms with Crippen LogP contribution < -0.4 is 0 Å². The van der Waals surface area contributed by atoms with Crippen LogP contribution in [-0.2, 0) is 11.3 Å². The Morgan fingerprint density at radius 3 is 1.56 bits per heavy atom. The molecule has 0 unspecified atom stereocenters. The van der Waals surface area contributed by atoms with Crippen LogP contribution >= 0.6 is 0 Å². The van der Waals surface area contributed by atoms with Crippen LogP contribution in [0.3, 0.4) is 0 Å². The van der Waals surface area contributed by atoms with Gasteiger partial charge in [-0.25, -0.2) is 9.59 Å². The molecule has 3 aromatic rings. The van der Waals surface area contributed by atoms with E-state index in [9.17, 15) is 9.59 Å². The van der Waals surface area contributed by atoms with Gasteiger partial charge in [0.25, 0.3) is 0 Å². The van der Waals surface area contributed by atoms with Gasteiger partial charge in [-0.1, -0.05) is 66.7 Å². The standard InChI is InChI=1S/C14H12O2.C7H6O2/c15-14(13-9-5-2-6-10-13)16-11-12-7-3-1-4-8-12;8-7(9)6-4-2-1-3-5-6/h1-10H,11H2;1-5H,(H,8,9). The van der Waals surface area contributed by atoms with Crippen molar-refractivity contribution in [3.05, 3.63) is 108 Å². The summed E-state index contributed by atoms with van der Waals surface area (Å²) in [4.78, 5) is 21.8. The van der Waals surface area contributed by atoms with Gasteiger partial charge >= 0.3 is 11.9 Å². The van der Waals surface area contributed by atoms with Crippen molar-refractivity contribution >= 4 is 11.9 Å². The van der Waals surface area contributed by atoms with Crippen LogP contribution in [0.5, 0.6) is 0 Å². The number of hydrogen-bond donors (Lipinski definition) is 1. The van der Waals surface area contributed by atoms with Crippen molar-refractivity contribution in [1.82, 2.24) is 0 Å². The van der Waals surface area contributed by atoms with Crippen molar-refractivity contribution < 1.29 is 19.4 Å². The largest absolute Gasteiger partial charge is 0.478 e. The van der Waals surface area contributed by atoms with Crippen LogP contribution in [0.4, 0.5) is 0 Å². The van der Waals surface area contributed by atoms with E-state index in [1.54, 1.807) is 42.5 Å². The van der Waals surface area contributed by atoms with Crippen molar-refractivity contribution in [2.75, 3.05) is 0 Å². The minimum absolute atomic E-state index is 0.288. The third kappa shape index (κ3) is 6.31. The monoisotopic (exact) mass is 334 g/mol. The van der Waals surface area contributed by atoms with Gasteiger partial charge in [-0.05, 0) is 29.8 Å². The van der Waals surface area contributed by atoms with Crippen LogP contribution in [0.25, 0.3) is 0 Å². The lowest BCUT2D eigenvalue weighted by Crippen LogP contribution is -2.04. The molecule has 0 bridgehead atoms. The van der Waals surface area contributed by atoms with E-state index < -0.39 is 5.97 Å². The lowest BCUT2D eigenvalue weighted by Gasteiger charge is -2.04. The molecule has 0 fully saturated rings. The van der Waals surface area contributed by atoms with E-state index in [1.165, 1.54) is 0 Å². The molecule has 4 heteroatoms. The van der Waals surface area contributed by atoms with Crippen molar-refractivity contribution in [2.45, 2.75) is 6.61 Å². The molecule has 3 rings (SSSR count). The third-order valence-electron chi connectivity index (χ3n) is 3.24. The summed E-state index contributed by atoms with van der Waals surface area (Å²) >= 11 is 0. The van der Waals surface area contributed by atoms with Gasteiger partial charge < -0.3 is 9.84 Å². The highest BCUT2D eigenvalue weighted by molar-refractivity contribution is 5.89. The molecule has 25 heavy (non-hydrogen) atoms. The van der Waals surface area contributed by atoms with Crippen LogP contribution in [0.2, 0.25) is 0 Å². The van der Waals surface area contributed by atoms with E-state index >= 15 is 0 Å². The SMILES string of the molecule is O=C(O)c1ccccc1.O=C(OCc1ccccc1)c1ccccc1. The van der Waals surface area contributed by atoms with Gasteiger partial charge in [0.15, 0.2) is 0 Å².